The van der Waals surface area contributed by atoms with Crippen LogP contribution < -0.4 is 0 Å². The third kappa shape index (κ3) is 2.68. The van der Waals surface area contributed by atoms with Crippen molar-refractivity contribution in [3.63, 3.8) is 0 Å². The second-order valence-electron chi connectivity index (χ2n) is 4.48. The van der Waals surface area contributed by atoms with Gasteiger partial charge >= 0.3 is 0 Å². The lowest BCUT2D eigenvalue weighted by Crippen LogP contribution is -2.44. The molecule has 2 saturated heterocycles. The Bertz CT molecular complexity index is 146. The van der Waals surface area contributed by atoms with E-state index in [1.54, 1.807) is 0 Å². The molecule has 13 heavy (non-hydrogen) atoms. The molecule has 75 valence electrons. The van der Waals surface area contributed by atoms with Gasteiger partial charge in [-0.2, -0.15) is 0 Å². The standard InChI is InChI=1S/C11H21N2/c1-11-3-7-13(8-4-11)10-9-12-5-2-6-12/h11H,1-10H2. The monoisotopic (exact) mass is 181 g/mol. The number of hydrogen-bond donors (Lipinski definition) is 0. The number of rotatable bonds is 3. The Balaban J connectivity index is 1.59. The molecule has 0 N–H and O–H groups in total. The van der Waals surface area contributed by atoms with Crippen molar-refractivity contribution >= 4 is 0 Å². The number of likely N-dealkylation sites (tertiary alicyclic amines) is 2. The van der Waals surface area contributed by atoms with Crippen LogP contribution in [0.15, 0.2) is 0 Å². The molecule has 2 nitrogen and oxygen atoms in total. The summed E-state index contributed by atoms with van der Waals surface area (Å²) in [6.07, 6.45) is 4.03. The summed E-state index contributed by atoms with van der Waals surface area (Å²) in [5.41, 5.74) is 0. The molecule has 2 rings (SSSR count). The van der Waals surface area contributed by atoms with Crippen LogP contribution in [0.2, 0.25) is 0 Å². The molecule has 0 atom stereocenters. The maximum atomic E-state index is 4.12. The fourth-order valence-electron chi connectivity index (χ4n) is 2.10. The molecule has 1 radical (unpaired) electrons. The third-order valence-corrected chi connectivity index (χ3v) is 3.39. The van der Waals surface area contributed by atoms with Crippen molar-refractivity contribution in [3.8, 4) is 0 Å². The average Bonchev–Trinajstić information content (AvgIpc) is 2.05. The van der Waals surface area contributed by atoms with E-state index in [4.69, 9.17) is 0 Å². The van der Waals surface area contributed by atoms with Gasteiger partial charge in [0.15, 0.2) is 0 Å². The number of piperidine rings is 1. The summed E-state index contributed by atoms with van der Waals surface area (Å²) < 4.78 is 0. The minimum absolute atomic E-state index is 0.722. The van der Waals surface area contributed by atoms with Crippen molar-refractivity contribution < 1.29 is 0 Å². The Morgan fingerprint density at radius 1 is 0.923 bits per heavy atom. The fourth-order valence-corrected chi connectivity index (χ4v) is 2.10. The van der Waals surface area contributed by atoms with Crippen LogP contribution in [0.5, 0.6) is 0 Å². The lowest BCUT2D eigenvalue weighted by Gasteiger charge is -2.35. The van der Waals surface area contributed by atoms with E-state index in [0.717, 1.165) is 5.92 Å². The molecule has 2 heterocycles. The predicted molar refractivity (Wildman–Crippen MR) is 55.6 cm³/mol. The molecule has 0 aromatic heterocycles. The van der Waals surface area contributed by atoms with Gasteiger partial charge in [0, 0.05) is 13.1 Å². The van der Waals surface area contributed by atoms with E-state index < -0.39 is 0 Å². The Kier molecular flexibility index (Phi) is 3.23. The first-order chi connectivity index (χ1) is 6.34. The van der Waals surface area contributed by atoms with Crippen LogP contribution >= 0.6 is 0 Å². The normalized spacial score (nSPS) is 27.5. The smallest absolute Gasteiger partial charge is 0.0109 e. The largest absolute Gasteiger partial charge is 0.302 e. The molecule has 2 aliphatic heterocycles. The van der Waals surface area contributed by atoms with Crippen molar-refractivity contribution in [2.75, 3.05) is 39.3 Å². The fraction of sp³-hybridized carbons (Fsp3) is 0.909. The second kappa shape index (κ2) is 4.43. The molecular weight excluding hydrogens is 160 g/mol. The SMILES string of the molecule is [CH2]C1CCN(CCN2CCC2)CC1. The van der Waals surface area contributed by atoms with Crippen molar-refractivity contribution in [2.24, 2.45) is 5.92 Å². The maximum absolute atomic E-state index is 4.12. The lowest BCUT2D eigenvalue weighted by atomic mass is 9.99. The molecule has 2 fully saturated rings. The van der Waals surface area contributed by atoms with Gasteiger partial charge in [-0.05, 0) is 51.4 Å². The van der Waals surface area contributed by atoms with E-state index in [2.05, 4.69) is 16.7 Å². The van der Waals surface area contributed by atoms with Crippen LogP contribution in [0.25, 0.3) is 0 Å². The minimum Gasteiger partial charge on any atom is -0.302 e. The number of hydrogen-bond acceptors (Lipinski definition) is 2. The Morgan fingerprint density at radius 3 is 1.92 bits per heavy atom. The molecule has 0 bridgehead atoms. The van der Waals surface area contributed by atoms with E-state index in [1.165, 1.54) is 58.5 Å². The highest BCUT2D eigenvalue weighted by atomic mass is 15.2. The molecule has 2 heteroatoms. The van der Waals surface area contributed by atoms with Crippen molar-refractivity contribution in [3.05, 3.63) is 6.92 Å². The van der Waals surface area contributed by atoms with Crippen LogP contribution in [0.4, 0.5) is 0 Å². The van der Waals surface area contributed by atoms with Gasteiger partial charge in [-0.15, -0.1) is 0 Å². The summed E-state index contributed by atoms with van der Waals surface area (Å²) in [6.45, 7) is 11.9. The van der Waals surface area contributed by atoms with E-state index in [1.807, 2.05) is 0 Å². The van der Waals surface area contributed by atoms with Gasteiger partial charge in [-0.25, -0.2) is 0 Å². The first kappa shape index (κ1) is 9.47. The van der Waals surface area contributed by atoms with Gasteiger partial charge in [0.25, 0.3) is 0 Å². The quantitative estimate of drug-likeness (QED) is 0.646. The molecular formula is C11H21N2. The zero-order chi connectivity index (χ0) is 9.10. The molecule has 0 unspecified atom stereocenters. The Labute approximate surface area is 81.9 Å². The van der Waals surface area contributed by atoms with Gasteiger partial charge in [0.05, 0.1) is 0 Å². The Morgan fingerprint density at radius 2 is 1.46 bits per heavy atom. The van der Waals surface area contributed by atoms with Crippen LogP contribution in [-0.2, 0) is 0 Å². The van der Waals surface area contributed by atoms with Gasteiger partial charge in [0.2, 0.25) is 0 Å². The van der Waals surface area contributed by atoms with Crippen molar-refractivity contribution in [2.45, 2.75) is 19.3 Å². The predicted octanol–water partition coefficient (Wildman–Crippen LogP) is 1.24. The van der Waals surface area contributed by atoms with Crippen LogP contribution in [0.3, 0.4) is 0 Å². The molecule has 0 spiro atoms. The van der Waals surface area contributed by atoms with E-state index >= 15 is 0 Å². The summed E-state index contributed by atoms with van der Waals surface area (Å²) >= 11 is 0. The zero-order valence-corrected chi connectivity index (χ0v) is 8.54. The highest BCUT2D eigenvalue weighted by Crippen LogP contribution is 2.15. The molecule has 0 aliphatic carbocycles. The minimum atomic E-state index is 0.722. The summed E-state index contributed by atoms with van der Waals surface area (Å²) in [7, 11) is 0. The van der Waals surface area contributed by atoms with Crippen molar-refractivity contribution in [1.29, 1.82) is 0 Å². The summed E-state index contributed by atoms with van der Waals surface area (Å²) in [5, 5.41) is 0. The maximum Gasteiger partial charge on any atom is 0.0109 e. The molecule has 0 amide bonds. The van der Waals surface area contributed by atoms with Gasteiger partial charge in [-0.1, -0.05) is 6.92 Å². The van der Waals surface area contributed by atoms with E-state index in [-0.39, 0.29) is 0 Å². The molecule has 0 aromatic rings. The second-order valence-corrected chi connectivity index (χ2v) is 4.48. The van der Waals surface area contributed by atoms with Gasteiger partial charge in [0.1, 0.15) is 0 Å². The van der Waals surface area contributed by atoms with Crippen LogP contribution in [-0.4, -0.2) is 49.1 Å². The van der Waals surface area contributed by atoms with Crippen molar-refractivity contribution in [1.82, 2.24) is 9.80 Å². The summed E-state index contributed by atoms with van der Waals surface area (Å²) in [5.74, 6) is 0.722. The summed E-state index contributed by atoms with van der Waals surface area (Å²) in [4.78, 5) is 5.15. The van der Waals surface area contributed by atoms with E-state index in [0.29, 0.717) is 0 Å². The highest BCUT2D eigenvalue weighted by Gasteiger charge is 2.18. The number of nitrogens with zero attached hydrogens (tertiary/aromatic N) is 2. The Hall–Kier alpha value is -0.0800. The third-order valence-electron chi connectivity index (χ3n) is 3.39. The first-order valence-electron chi connectivity index (χ1n) is 5.62. The highest BCUT2D eigenvalue weighted by molar-refractivity contribution is 4.75. The lowest BCUT2D eigenvalue weighted by molar-refractivity contribution is 0.131. The average molecular weight is 181 g/mol. The van der Waals surface area contributed by atoms with Gasteiger partial charge < -0.3 is 9.80 Å². The van der Waals surface area contributed by atoms with Crippen LogP contribution in [0.1, 0.15) is 19.3 Å². The summed E-state index contributed by atoms with van der Waals surface area (Å²) in [6, 6.07) is 0. The molecule has 0 saturated carbocycles. The first-order valence-corrected chi connectivity index (χ1v) is 5.62. The molecule has 2 aliphatic rings. The van der Waals surface area contributed by atoms with E-state index in [9.17, 15) is 0 Å². The molecule has 0 aromatic carbocycles. The van der Waals surface area contributed by atoms with Gasteiger partial charge in [-0.3, -0.25) is 0 Å². The van der Waals surface area contributed by atoms with Crippen LogP contribution in [0, 0.1) is 12.8 Å². The zero-order valence-electron chi connectivity index (χ0n) is 8.54. The topological polar surface area (TPSA) is 6.48 Å².